The lowest BCUT2D eigenvalue weighted by molar-refractivity contribution is -0.137. The molecule has 2 aromatic rings. The smallest absolute Gasteiger partial charge is 0.326 e. The third kappa shape index (κ3) is 2.49. The summed E-state index contributed by atoms with van der Waals surface area (Å²) in [5, 5.41) is 4.12. The molecule has 7 heteroatoms. The summed E-state index contributed by atoms with van der Waals surface area (Å²) in [7, 11) is 0. The van der Waals surface area contributed by atoms with E-state index in [0.29, 0.717) is 5.56 Å². The molecule has 0 bridgehead atoms. The monoisotopic (exact) mass is 275 g/mol. The largest absolute Gasteiger partial charge is 0.416 e. The summed E-state index contributed by atoms with van der Waals surface area (Å²) in [6.07, 6.45) is -1.39. The molecule has 1 aromatic heterocycles. The fraction of sp³-hybridized carbons (Fsp3) is 0.182. The van der Waals surface area contributed by atoms with Crippen LogP contribution in [0.4, 0.5) is 13.2 Å². The number of benzene rings is 1. The van der Waals surface area contributed by atoms with Gasteiger partial charge in [-0.05, 0) is 18.2 Å². The van der Waals surface area contributed by atoms with Gasteiger partial charge in [0, 0.05) is 18.3 Å². The number of nitrogens with two attached hydrogens (primary N) is 1. The molecule has 2 N–H and O–H groups in total. The second-order valence-electron chi connectivity index (χ2n) is 3.66. The van der Waals surface area contributed by atoms with Crippen molar-refractivity contribution in [3.63, 3.8) is 0 Å². The molecule has 0 aliphatic rings. The van der Waals surface area contributed by atoms with Gasteiger partial charge in [0.25, 0.3) is 0 Å². The highest BCUT2D eigenvalue weighted by molar-refractivity contribution is 6.32. The van der Waals surface area contributed by atoms with Crippen LogP contribution in [0, 0.1) is 0 Å². The standard InChI is InChI=1S/C11H9ClF3N3/c12-9-2-1-8(11(13,14)15)3-10(9)18-6-7(4-16)5-17-18/h1-3,5-6H,4,16H2. The Kier molecular flexibility index (Phi) is 3.32. The Balaban J connectivity index is 2.49. The molecule has 0 aliphatic carbocycles. The van der Waals surface area contributed by atoms with Crippen molar-refractivity contribution in [2.75, 3.05) is 0 Å². The topological polar surface area (TPSA) is 43.8 Å². The molecule has 0 atom stereocenters. The molecule has 0 spiro atoms. The predicted molar refractivity (Wildman–Crippen MR) is 61.5 cm³/mol. The van der Waals surface area contributed by atoms with Crippen molar-refractivity contribution in [1.82, 2.24) is 9.78 Å². The number of hydrogen-bond donors (Lipinski definition) is 1. The quantitative estimate of drug-likeness (QED) is 0.916. The average molecular weight is 276 g/mol. The molecule has 0 amide bonds. The molecule has 3 nitrogen and oxygen atoms in total. The van der Waals surface area contributed by atoms with Gasteiger partial charge in [0.1, 0.15) is 0 Å². The molecule has 18 heavy (non-hydrogen) atoms. The van der Waals surface area contributed by atoms with Gasteiger partial charge < -0.3 is 5.73 Å². The average Bonchev–Trinajstić information content (AvgIpc) is 2.76. The van der Waals surface area contributed by atoms with Gasteiger partial charge >= 0.3 is 6.18 Å². The summed E-state index contributed by atoms with van der Waals surface area (Å²) in [6.45, 7) is 0.260. The Hall–Kier alpha value is -1.53. The summed E-state index contributed by atoms with van der Waals surface area (Å²) in [4.78, 5) is 0. The van der Waals surface area contributed by atoms with E-state index in [9.17, 15) is 13.2 Å². The molecule has 0 fully saturated rings. The number of halogens is 4. The van der Waals surface area contributed by atoms with Gasteiger partial charge in [-0.1, -0.05) is 11.6 Å². The third-order valence-electron chi connectivity index (χ3n) is 2.39. The molecule has 0 radical (unpaired) electrons. The van der Waals surface area contributed by atoms with Crippen LogP contribution in [-0.4, -0.2) is 9.78 Å². The van der Waals surface area contributed by atoms with E-state index in [1.165, 1.54) is 16.9 Å². The molecule has 2 rings (SSSR count). The molecule has 0 saturated carbocycles. The number of nitrogens with zero attached hydrogens (tertiary/aromatic N) is 2. The Labute approximate surface area is 106 Å². The Morgan fingerprint density at radius 2 is 2.06 bits per heavy atom. The fourth-order valence-electron chi connectivity index (χ4n) is 1.46. The van der Waals surface area contributed by atoms with Gasteiger partial charge in [-0.25, -0.2) is 4.68 Å². The molecule has 0 aliphatic heterocycles. The van der Waals surface area contributed by atoms with E-state index >= 15 is 0 Å². The van der Waals surface area contributed by atoms with E-state index in [1.807, 2.05) is 0 Å². The number of alkyl halides is 3. The number of rotatable bonds is 2. The summed E-state index contributed by atoms with van der Waals surface area (Å²) in [5.74, 6) is 0. The molecule has 1 heterocycles. The molecular weight excluding hydrogens is 267 g/mol. The van der Waals surface area contributed by atoms with Crippen LogP contribution in [0.25, 0.3) is 5.69 Å². The zero-order chi connectivity index (χ0) is 13.3. The van der Waals surface area contributed by atoms with Crippen molar-refractivity contribution >= 4 is 11.6 Å². The van der Waals surface area contributed by atoms with Gasteiger partial charge in [-0.3, -0.25) is 0 Å². The first-order valence-corrected chi connectivity index (χ1v) is 5.40. The minimum absolute atomic E-state index is 0.172. The van der Waals surface area contributed by atoms with Crippen LogP contribution in [-0.2, 0) is 12.7 Å². The summed E-state index contributed by atoms with van der Waals surface area (Å²) in [5.41, 5.74) is 5.52. The Bertz CT molecular complexity index is 563. The Morgan fingerprint density at radius 1 is 1.33 bits per heavy atom. The molecular formula is C11H9ClF3N3. The van der Waals surface area contributed by atoms with Crippen molar-refractivity contribution in [2.24, 2.45) is 5.73 Å². The maximum Gasteiger partial charge on any atom is 0.416 e. The summed E-state index contributed by atoms with van der Waals surface area (Å²) < 4.78 is 39.1. The first kappa shape index (κ1) is 12.9. The van der Waals surface area contributed by atoms with E-state index < -0.39 is 11.7 Å². The predicted octanol–water partition coefficient (Wildman–Crippen LogP) is 3.00. The van der Waals surface area contributed by atoms with E-state index in [0.717, 1.165) is 12.1 Å². The summed E-state index contributed by atoms with van der Waals surface area (Å²) >= 11 is 5.87. The minimum Gasteiger partial charge on any atom is -0.326 e. The van der Waals surface area contributed by atoms with Crippen molar-refractivity contribution < 1.29 is 13.2 Å². The zero-order valence-electron chi connectivity index (χ0n) is 9.08. The van der Waals surface area contributed by atoms with E-state index in [1.54, 1.807) is 6.20 Å². The number of aromatic nitrogens is 2. The van der Waals surface area contributed by atoms with Crippen molar-refractivity contribution in [2.45, 2.75) is 12.7 Å². The van der Waals surface area contributed by atoms with Crippen LogP contribution in [0.5, 0.6) is 0 Å². The molecule has 96 valence electrons. The molecule has 1 aromatic carbocycles. The van der Waals surface area contributed by atoms with Gasteiger partial charge in [0.2, 0.25) is 0 Å². The molecule has 0 unspecified atom stereocenters. The second-order valence-corrected chi connectivity index (χ2v) is 4.07. The van der Waals surface area contributed by atoms with E-state index in [2.05, 4.69) is 5.10 Å². The van der Waals surface area contributed by atoms with Gasteiger partial charge in [0.05, 0.1) is 22.5 Å². The normalized spacial score (nSPS) is 11.8. The van der Waals surface area contributed by atoms with Crippen LogP contribution >= 0.6 is 11.6 Å². The fourth-order valence-corrected chi connectivity index (χ4v) is 1.67. The number of hydrogen-bond acceptors (Lipinski definition) is 2. The first-order chi connectivity index (χ1) is 8.41. The zero-order valence-corrected chi connectivity index (χ0v) is 9.83. The van der Waals surface area contributed by atoms with Crippen LogP contribution in [0.1, 0.15) is 11.1 Å². The molecule has 0 saturated heterocycles. The van der Waals surface area contributed by atoms with Crippen LogP contribution in [0.2, 0.25) is 5.02 Å². The Morgan fingerprint density at radius 3 is 2.61 bits per heavy atom. The third-order valence-corrected chi connectivity index (χ3v) is 2.71. The second kappa shape index (κ2) is 4.62. The highest BCUT2D eigenvalue weighted by Gasteiger charge is 2.31. The van der Waals surface area contributed by atoms with E-state index in [4.69, 9.17) is 17.3 Å². The van der Waals surface area contributed by atoms with Gasteiger partial charge in [-0.2, -0.15) is 18.3 Å². The maximum atomic E-state index is 12.6. The van der Waals surface area contributed by atoms with Gasteiger partial charge in [0.15, 0.2) is 0 Å². The highest BCUT2D eigenvalue weighted by Crippen LogP contribution is 2.32. The SMILES string of the molecule is NCc1cnn(-c2cc(C(F)(F)F)ccc2Cl)c1. The maximum absolute atomic E-state index is 12.6. The first-order valence-electron chi connectivity index (χ1n) is 5.02. The van der Waals surface area contributed by atoms with Crippen LogP contribution < -0.4 is 5.73 Å². The van der Waals surface area contributed by atoms with Crippen LogP contribution in [0.15, 0.2) is 30.6 Å². The minimum atomic E-state index is -4.41. The highest BCUT2D eigenvalue weighted by atomic mass is 35.5. The summed E-state index contributed by atoms with van der Waals surface area (Å²) in [6, 6.07) is 3.08. The van der Waals surface area contributed by atoms with Crippen molar-refractivity contribution in [3.05, 3.63) is 46.7 Å². The lowest BCUT2D eigenvalue weighted by Gasteiger charge is -2.10. The van der Waals surface area contributed by atoms with Crippen LogP contribution in [0.3, 0.4) is 0 Å². The van der Waals surface area contributed by atoms with Gasteiger partial charge in [-0.15, -0.1) is 0 Å². The van der Waals surface area contributed by atoms with Crippen molar-refractivity contribution in [3.8, 4) is 5.69 Å². The lowest BCUT2D eigenvalue weighted by Crippen LogP contribution is -2.06. The lowest BCUT2D eigenvalue weighted by atomic mass is 10.2. The van der Waals surface area contributed by atoms with E-state index in [-0.39, 0.29) is 17.3 Å². The van der Waals surface area contributed by atoms with Crippen molar-refractivity contribution in [1.29, 1.82) is 0 Å².